The minimum atomic E-state index is -0.335. The van der Waals surface area contributed by atoms with Gasteiger partial charge in [0.25, 0.3) is 0 Å². The molecular formula is C10H10Br2O2. The average molecular weight is 322 g/mol. The summed E-state index contributed by atoms with van der Waals surface area (Å²) in [4.78, 5) is 10.8. The van der Waals surface area contributed by atoms with E-state index in [1.165, 1.54) is 6.92 Å². The molecule has 2 nitrogen and oxygen atoms in total. The predicted octanol–water partition coefficient (Wildman–Crippen LogP) is 2.97. The molecule has 1 atom stereocenters. The SMILES string of the molecule is CC(=O)C(Br)c1ccc(Br)cc1CO. The Kier molecular flexibility index (Phi) is 4.29. The highest BCUT2D eigenvalue weighted by molar-refractivity contribution is 9.10. The Morgan fingerprint density at radius 2 is 2.21 bits per heavy atom. The summed E-state index contributed by atoms with van der Waals surface area (Å²) in [5.74, 6) is 0.0297. The van der Waals surface area contributed by atoms with Crippen molar-refractivity contribution in [3.63, 3.8) is 0 Å². The van der Waals surface area contributed by atoms with Crippen LogP contribution >= 0.6 is 31.9 Å². The number of rotatable bonds is 3. The van der Waals surface area contributed by atoms with Crippen LogP contribution in [0.4, 0.5) is 0 Å². The van der Waals surface area contributed by atoms with Crippen LogP contribution in [0.15, 0.2) is 22.7 Å². The van der Waals surface area contributed by atoms with E-state index in [2.05, 4.69) is 31.9 Å². The molecule has 4 heteroatoms. The van der Waals surface area contributed by atoms with Crippen LogP contribution < -0.4 is 0 Å². The van der Waals surface area contributed by atoms with Crippen LogP contribution in [0.3, 0.4) is 0 Å². The van der Waals surface area contributed by atoms with Crippen LogP contribution in [0.1, 0.15) is 22.9 Å². The fraction of sp³-hybridized carbons (Fsp3) is 0.300. The van der Waals surface area contributed by atoms with Crippen molar-refractivity contribution in [3.05, 3.63) is 33.8 Å². The molecule has 1 unspecified atom stereocenters. The first-order valence-electron chi connectivity index (χ1n) is 4.10. The van der Waals surface area contributed by atoms with Crippen LogP contribution in [0.5, 0.6) is 0 Å². The van der Waals surface area contributed by atoms with Gasteiger partial charge in [-0.15, -0.1) is 0 Å². The number of carbonyl (C=O) groups is 1. The lowest BCUT2D eigenvalue weighted by Crippen LogP contribution is -2.04. The molecule has 1 rings (SSSR count). The quantitative estimate of drug-likeness (QED) is 0.869. The summed E-state index contributed by atoms with van der Waals surface area (Å²) in [6.07, 6.45) is 0. The third kappa shape index (κ3) is 2.65. The van der Waals surface area contributed by atoms with E-state index in [4.69, 9.17) is 5.11 Å². The summed E-state index contributed by atoms with van der Waals surface area (Å²) in [6, 6.07) is 5.49. The van der Waals surface area contributed by atoms with Crippen molar-refractivity contribution in [1.29, 1.82) is 0 Å². The second-order valence-electron chi connectivity index (χ2n) is 2.97. The molecule has 14 heavy (non-hydrogen) atoms. The fourth-order valence-electron chi connectivity index (χ4n) is 1.18. The Labute approximate surface area is 99.6 Å². The molecule has 0 spiro atoms. The molecule has 0 aliphatic carbocycles. The van der Waals surface area contributed by atoms with Gasteiger partial charge in [-0.3, -0.25) is 4.79 Å². The normalized spacial score (nSPS) is 12.6. The van der Waals surface area contributed by atoms with E-state index in [0.29, 0.717) is 0 Å². The second-order valence-corrected chi connectivity index (χ2v) is 4.81. The molecule has 0 radical (unpaired) electrons. The van der Waals surface area contributed by atoms with Crippen molar-refractivity contribution in [1.82, 2.24) is 0 Å². The average Bonchev–Trinajstić information content (AvgIpc) is 2.16. The van der Waals surface area contributed by atoms with Gasteiger partial charge in [-0.05, 0) is 30.2 Å². The smallest absolute Gasteiger partial charge is 0.147 e. The maximum absolute atomic E-state index is 11.2. The third-order valence-electron chi connectivity index (χ3n) is 1.91. The van der Waals surface area contributed by atoms with Crippen molar-refractivity contribution < 1.29 is 9.90 Å². The summed E-state index contributed by atoms with van der Waals surface area (Å²) in [7, 11) is 0. The van der Waals surface area contributed by atoms with Gasteiger partial charge < -0.3 is 5.11 Å². The maximum Gasteiger partial charge on any atom is 0.147 e. The van der Waals surface area contributed by atoms with Crippen molar-refractivity contribution in [2.45, 2.75) is 18.4 Å². The lowest BCUT2D eigenvalue weighted by Gasteiger charge is -2.11. The first kappa shape index (κ1) is 11.9. The molecule has 1 aromatic rings. The Morgan fingerprint density at radius 3 is 2.71 bits per heavy atom. The number of carbonyl (C=O) groups excluding carboxylic acids is 1. The van der Waals surface area contributed by atoms with Crippen molar-refractivity contribution >= 4 is 37.6 Å². The van der Waals surface area contributed by atoms with Gasteiger partial charge in [-0.25, -0.2) is 0 Å². The zero-order chi connectivity index (χ0) is 10.7. The molecule has 0 bridgehead atoms. The minimum absolute atomic E-state index is 0.0297. The molecule has 0 heterocycles. The van der Waals surface area contributed by atoms with E-state index in [9.17, 15) is 4.79 Å². The van der Waals surface area contributed by atoms with Gasteiger partial charge in [0.2, 0.25) is 0 Å². The third-order valence-corrected chi connectivity index (χ3v) is 3.54. The van der Waals surface area contributed by atoms with Crippen molar-refractivity contribution in [2.75, 3.05) is 0 Å². The van der Waals surface area contributed by atoms with Crippen LogP contribution in [0.2, 0.25) is 0 Å². The molecule has 0 saturated heterocycles. The lowest BCUT2D eigenvalue weighted by molar-refractivity contribution is -0.116. The van der Waals surface area contributed by atoms with E-state index in [1.54, 1.807) is 0 Å². The monoisotopic (exact) mass is 320 g/mol. The molecule has 0 fully saturated rings. The number of aliphatic hydroxyl groups is 1. The molecule has 0 saturated carbocycles. The Bertz CT molecular complexity index is 350. The molecule has 0 aliphatic heterocycles. The van der Waals surface area contributed by atoms with Crippen LogP contribution in [0.25, 0.3) is 0 Å². The number of ketones is 1. The molecule has 1 N–H and O–H groups in total. The van der Waals surface area contributed by atoms with Crippen molar-refractivity contribution in [2.24, 2.45) is 0 Å². The van der Waals surface area contributed by atoms with Gasteiger partial charge in [-0.1, -0.05) is 37.9 Å². The number of aliphatic hydroxyl groups excluding tert-OH is 1. The largest absolute Gasteiger partial charge is 0.392 e. The minimum Gasteiger partial charge on any atom is -0.392 e. The molecule has 0 amide bonds. The number of halogens is 2. The predicted molar refractivity (Wildman–Crippen MR) is 62.4 cm³/mol. The van der Waals surface area contributed by atoms with E-state index in [0.717, 1.165) is 15.6 Å². The summed E-state index contributed by atoms with van der Waals surface area (Å²) < 4.78 is 0.897. The lowest BCUT2D eigenvalue weighted by atomic mass is 10.0. The van der Waals surface area contributed by atoms with Gasteiger partial charge in [0.1, 0.15) is 5.78 Å². The zero-order valence-corrected chi connectivity index (χ0v) is 10.8. The second kappa shape index (κ2) is 5.05. The number of alkyl halides is 1. The van der Waals surface area contributed by atoms with E-state index in [-0.39, 0.29) is 17.2 Å². The summed E-state index contributed by atoms with van der Waals surface area (Å²) >= 11 is 6.60. The Balaban J connectivity index is 3.13. The highest BCUT2D eigenvalue weighted by atomic mass is 79.9. The van der Waals surface area contributed by atoms with Crippen LogP contribution in [0, 0.1) is 0 Å². The van der Waals surface area contributed by atoms with Crippen molar-refractivity contribution in [3.8, 4) is 0 Å². The summed E-state index contributed by atoms with van der Waals surface area (Å²) in [6.45, 7) is 1.45. The fourth-order valence-corrected chi connectivity index (χ4v) is 2.03. The Morgan fingerprint density at radius 1 is 1.57 bits per heavy atom. The standard InChI is InChI=1S/C10H10Br2O2/c1-6(14)10(12)9-3-2-8(11)4-7(9)5-13/h2-4,10,13H,5H2,1H3. The maximum atomic E-state index is 11.2. The summed E-state index contributed by atoms with van der Waals surface area (Å²) in [5, 5.41) is 9.12. The molecular weight excluding hydrogens is 312 g/mol. The van der Waals surface area contributed by atoms with Gasteiger partial charge in [-0.2, -0.15) is 0 Å². The van der Waals surface area contributed by atoms with Gasteiger partial charge in [0.05, 0.1) is 11.4 Å². The first-order chi connectivity index (χ1) is 6.56. The zero-order valence-electron chi connectivity index (χ0n) is 7.63. The summed E-state index contributed by atoms with van der Waals surface area (Å²) in [5.41, 5.74) is 1.58. The molecule has 1 aromatic carbocycles. The van der Waals surface area contributed by atoms with E-state index >= 15 is 0 Å². The van der Waals surface area contributed by atoms with Crippen LogP contribution in [-0.4, -0.2) is 10.9 Å². The number of hydrogen-bond donors (Lipinski definition) is 1. The highest BCUT2D eigenvalue weighted by Crippen LogP contribution is 2.28. The number of hydrogen-bond acceptors (Lipinski definition) is 2. The van der Waals surface area contributed by atoms with E-state index in [1.807, 2.05) is 18.2 Å². The van der Waals surface area contributed by atoms with Gasteiger partial charge >= 0.3 is 0 Å². The van der Waals surface area contributed by atoms with Gasteiger partial charge in [0.15, 0.2) is 0 Å². The topological polar surface area (TPSA) is 37.3 Å². The van der Waals surface area contributed by atoms with E-state index < -0.39 is 0 Å². The molecule has 76 valence electrons. The Hall–Kier alpha value is -0.190. The van der Waals surface area contributed by atoms with Gasteiger partial charge in [0, 0.05) is 4.47 Å². The van der Waals surface area contributed by atoms with Crippen LogP contribution in [-0.2, 0) is 11.4 Å². The number of benzene rings is 1. The molecule has 0 aromatic heterocycles. The molecule has 0 aliphatic rings. The highest BCUT2D eigenvalue weighted by Gasteiger charge is 2.15. The number of Topliss-reactive ketones (excluding diaryl/α,β-unsaturated/α-hetero) is 1. The first-order valence-corrected chi connectivity index (χ1v) is 5.81.